The van der Waals surface area contributed by atoms with Crippen LogP contribution in [0.15, 0.2) is 54.6 Å². The molecule has 0 fully saturated rings. The second kappa shape index (κ2) is 6.45. The van der Waals surface area contributed by atoms with Gasteiger partial charge in [0.2, 0.25) is 0 Å². The van der Waals surface area contributed by atoms with Crippen LogP contribution in [0.2, 0.25) is 0 Å². The number of thiazole rings is 1. The highest BCUT2D eigenvalue weighted by atomic mass is 32.1. The Labute approximate surface area is 144 Å². The lowest BCUT2D eigenvalue weighted by Crippen LogP contribution is -2.20. The molecule has 4 rings (SSSR count). The van der Waals surface area contributed by atoms with Gasteiger partial charge in [-0.15, -0.1) is 11.3 Å². The third-order valence-electron chi connectivity index (χ3n) is 3.95. The van der Waals surface area contributed by atoms with E-state index in [1.54, 1.807) is 11.3 Å². The number of benzene rings is 2. The summed E-state index contributed by atoms with van der Waals surface area (Å²) in [6.45, 7) is -0.0230. The van der Waals surface area contributed by atoms with Crippen molar-refractivity contribution in [1.29, 1.82) is 0 Å². The van der Waals surface area contributed by atoms with E-state index in [4.69, 9.17) is 4.74 Å². The highest BCUT2D eigenvalue weighted by Crippen LogP contribution is 2.37. The Hall–Kier alpha value is -2.66. The van der Waals surface area contributed by atoms with E-state index in [2.05, 4.69) is 28.5 Å². The SMILES string of the molecule is O=C(COc1ccccc1)Nc1nc2c(s1)CCc1ccccc1-2. The number of hydrogen-bond acceptors (Lipinski definition) is 4. The Balaban J connectivity index is 1.45. The predicted molar refractivity (Wildman–Crippen MR) is 95.5 cm³/mol. The normalized spacial score (nSPS) is 12.2. The molecular weight excluding hydrogens is 320 g/mol. The quantitative estimate of drug-likeness (QED) is 0.785. The van der Waals surface area contributed by atoms with Gasteiger partial charge in [0.1, 0.15) is 5.75 Å². The largest absolute Gasteiger partial charge is 0.484 e. The van der Waals surface area contributed by atoms with Gasteiger partial charge >= 0.3 is 0 Å². The van der Waals surface area contributed by atoms with Crippen LogP contribution in [0.1, 0.15) is 10.4 Å². The minimum absolute atomic E-state index is 0.0230. The molecule has 0 saturated heterocycles. The Morgan fingerprint density at radius 2 is 1.88 bits per heavy atom. The van der Waals surface area contributed by atoms with Crippen molar-refractivity contribution >= 4 is 22.4 Å². The van der Waals surface area contributed by atoms with Crippen molar-refractivity contribution in [3.63, 3.8) is 0 Å². The number of aryl methyl sites for hydroxylation is 2. The van der Waals surface area contributed by atoms with Crippen LogP contribution in [0.4, 0.5) is 5.13 Å². The maximum absolute atomic E-state index is 12.1. The van der Waals surface area contributed by atoms with E-state index in [1.807, 2.05) is 36.4 Å². The molecule has 5 heteroatoms. The molecule has 1 aliphatic carbocycles. The Kier molecular flexibility index (Phi) is 4.01. The molecular formula is C19H16N2O2S. The van der Waals surface area contributed by atoms with E-state index in [-0.39, 0.29) is 12.5 Å². The van der Waals surface area contributed by atoms with Gasteiger partial charge in [0.25, 0.3) is 5.91 Å². The summed E-state index contributed by atoms with van der Waals surface area (Å²) in [5.74, 6) is 0.484. The number of carbonyl (C=O) groups excluding carboxylic acids is 1. The average molecular weight is 336 g/mol. The number of rotatable bonds is 4. The zero-order valence-electron chi connectivity index (χ0n) is 13.0. The molecule has 1 heterocycles. The number of nitrogens with one attached hydrogen (secondary N) is 1. The number of para-hydroxylation sites is 1. The van der Waals surface area contributed by atoms with Gasteiger partial charge < -0.3 is 4.74 Å². The molecule has 1 amide bonds. The number of nitrogens with zero attached hydrogens (tertiary/aromatic N) is 1. The van der Waals surface area contributed by atoms with Crippen molar-refractivity contribution < 1.29 is 9.53 Å². The molecule has 4 nitrogen and oxygen atoms in total. The van der Waals surface area contributed by atoms with Crippen LogP contribution in [0.25, 0.3) is 11.3 Å². The molecule has 0 bridgehead atoms. The lowest BCUT2D eigenvalue weighted by Gasteiger charge is -2.13. The molecule has 0 spiro atoms. The fourth-order valence-corrected chi connectivity index (χ4v) is 3.82. The number of hydrogen-bond donors (Lipinski definition) is 1. The molecule has 24 heavy (non-hydrogen) atoms. The molecule has 1 N–H and O–H groups in total. The highest BCUT2D eigenvalue weighted by Gasteiger charge is 2.21. The molecule has 0 unspecified atom stereocenters. The fraction of sp³-hybridized carbons (Fsp3) is 0.158. The number of ether oxygens (including phenoxy) is 1. The minimum Gasteiger partial charge on any atom is -0.484 e. The Bertz CT molecular complexity index is 874. The van der Waals surface area contributed by atoms with Crippen LogP contribution in [0, 0.1) is 0 Å². The van der Waals surface area contributed by atoms with E-state index in [0.29, 0.717) is 10.9 Å². The van der Waals surface area contributed by atoms with Gasteiger partial charge in [-0.2, -0.15) is 0 Å². The van der Waals surface area contributed by atoms with Gasteiger partial charge in [-0.3, -0.25) is 10.1 Å². The van der Waals surface area contributed by atoms with Gasteiger partial charge in [0, 0.05) is 10.4 Å². The summed E-state index contributed by atoms with van der Waals surface area (Å²) in [4.78, 5) is 17.9. The maximum Gasteiger partial charge on any atom is 0.264 e. The number of amides is 1. The third-order valence-corrected chi connectivity index (χ3v) is 4.98. The highest BCUT2D eigenvalue weighted by molar-refractivity contribution is 7.16. The topological polar surface area (TPSA) is 51.2 Å². The monoisotopic (exact) mass is 336 g/mol. The van der Waals surface area contributed by atoms with Gasteiger partial charge in [0.05, 0.1) is 5.69 Å². The van der Waals surface area contributed by atoms with Crippen molar-refractivity contribution in [3.8, 4) is 17.0 Å². The summed E-state index contributed by atoms with van der Waals surface area (Å²) in [6, 6.07) is 17.6. The molecule has 2 aromatic carbocycles. The van der Waals surface area contributed by atoms with Crippen molar-refractivity contribution in [2.24, 2.45) is 0 Å². The van der Waals surface area contributed by atoms with Crippen LogP contribution in [0.5, 0.6) is 5.75 Å². The van der Waals surface area contributed by atoms with E-state index < -0.39 is 0 Å². The zero-order chi connectivity index (χ0) is 16.4. The molecule has 120 valence electrons. The maximum atomic E-state index is 12.1. The molecule has 0 saturated carbocycles. The number of carbonyl (C=O) groups is 1. The molecule has 3 aromatic rings. The van der Waals surface area contributed by atoms with E-state index in [1.165, 1.54) is 16.0 Å². The smallest absolute Gasteiger partial charge is 0.264 e. The van der Waals surface area contributed by atoms with Crippen LogP contribution < -0.4 is 10.1 Å². The fourth-order valence-electron chi connectivity index (χ4n) is 2.82. The van der Waals surface area contributed by atoms with Crippen molar-refractivity contribution in [1.82, 2.24) is 4.98 Å². The predicted octanol–water partition coefficient (Wildman–Crippen LogP) is 3.93. The van der Waals surface area contributed by atoms with Crippen molar-refractivity contribution in [3.05, 3.63) is 65.0 Å². The standard InChI is InChI=1S/C19H16N2O2S/c22-17(12-23-14-7-2-1-3-8-14)20-19-21-18-15-9-5-4-6-13(15)10-11-16(18)24-19/h1-9H,10-12H2,(H,20,21,22). The summed E-state index contributed by atoms with van der Waals surface area (Å²) >= 11 is 1.55. The number of anilines is 1. The summed E-state index contributed by atoms with van der Waals surface area (Å²) in [5.41, 5.74) is 3.50. The van der Waals surface area contributed by atoms with Gasteiger partial charge in [-0.1, -0.05) is 42.5 Å². The molecule has 0 atom stereocenters. The van der Waals surface area contributed by atoms with Crippen LogP contribution >= 0.6 is 11.3 Å². The second-order valence-corrected chi connectivity index (χ2v) is 6.68. The second-order valence-electron chi connectivity index (χ2n) is 5.60. The molecule has 1 aromatic heterocycles. The van der Waals surface area contributed by atoms with Crippen molar-refractivity contribution in [2.45, 2.75) is 12.8 Å². The minimum atomic E-state index is -0.196. The van der Waals surface area contributed by atoms with Crippen LogP contribution in [-0.2, 0) is 17.6 Å². The van der Waals surface area contributed by atoms with E-state index in [9.17, 15) is 4.79 Å². The summed E-state index contributed by atoms with van der Waals surface area (Å²) in [5, 5.41) is 3.48. The van der Waals surface area contributed by atoms with Gasteiger partial charge in [-0.05, 0) is 30.5 Å². The van der Waals surface area contributed by atoms with E-state index >= 15 is 0 Å². The summed E-state index contributed by atoms with van der Waals surface area (Å²) < 4.78 is 5.46. The summed E-state index contributed by atoms with van der Waals surface area (Å²) in [7, 11) is 0. The Morgan fingerprint density at radius 1 is 1.08 bits per heavy atom. The van der Waals surface area contributed by atoms with E-state index in [0.717, 1.165) is 18.5 Å². The zero-order valence-corrected chi connectivity index (χ0v) is 13.8. The first-order valence-electron chi connectivity index (χ1n) is 7.85. The number of fused-ring (bicyclic) bond motifs is 3. The molecule has 1 aliphatic rings. The van der Waals surface area contributed by atoms with Gasteiger partial charge in [0.15, 0.2) is 11.7 Å². The Morgan fingerprint density at radius 3 is 2.75 bits per heavy atom. The lowest BCUT2D eigenvalue weighted by molar-refractivity contribution is -0.118. The average Bonchev–Trinajstić information content (AvgIpc) is 3.04. The number of aromatic nitrogens is 1. The first-order chi connectivity index (χ1) is 11.8. The summed E-state index contributed by atoms with van der Waals surface area (Å²) in [6.07, 6.45) is 2.00. The lowest BCUT2D eigenvalue weighted by atomic mass is 9.94. The third kappa shape index (κ3) is 3.03. The van der Waals surface area contributed by atoms with Crippen LogP contribution in [0.3, 0.4) is 0 Å². The molecule has 0 radical (unpaired) electrons. The first kappa shape index (κ1) is 14.9. The van der Waals surface area contributed by atoms with Gasteiger partial charge in [-0.25, -0.2) is 4.98 Å². The van der Waals surface area contributed by atoms with Crippen molar-refractivity contribution in [2.75, 3.05) is 11.9 Å². The first-order valence-corrected chi connectivity index (χ1v) is 8.67. The molecule has 0 aliphatic heterocycles. The van der Waals surface area contributed by atoms with Crippen LogP contribution in [-0.4, -0.2) is 17.5 Å².